The number of hydrogen-bond donors (Lipinski definition) is 0. The number of hydrogen-bond acceptors (Lipinski definition) is 5. The Labute approximate surface area is 183 Å². The second kappa shape index (κ2) is 8.91. The van der Waals surface area contributed by atoms with Gasteiger partial charge >= 0.3 is 12.1 Å². The van der Waals surface area contributed by atoms with Crippen LogP contribution >= 0.6 is 0 Å². The van der Waals surface area contributed by atoms with E-state index < -0.39 is 33.5 Å². The van der Waals surface area contributed by atoms with Gasteiger partial charge in [-0.1, -0.05) is 12.1 Å². The van der Waals surface area contributed by atoms with Crippen molar-refractivity contribution in [2.24, 2.45) is 0 Å². The molecule has 0 fully saturated rings. The second-order valence-electron chi connectivity index (χ2n) is 7.18. The smallest absolute Gasteiger partial charge is 0.419 e. The molecule has 32 heavy (non-hydrogen) atoms. The summed E-state index contributed by atoms with van der Waals surface area (Å²) >= 11 is 0. The van der Waals surface area contributed by atoms with Gasteiger partial charge in [0.15, 0.2) is 0 Å². The lowest BCUT2D eigenvalue weighted by Gasteiger charge is -2.12. The number of halogens is 3. The van der Waals surface area contributed by atoms with E-state index in [4.69, 9.17) is 4.74 Å². The summed E-state index contributed by atoms with van der Waals surface area (Å²) in [7, 11) is -0.780. The normalized spacial score (nSPS) is 12.5. The van der Waals surface area contributed by atoms with Gasteiger partial charge in [-0.3, -0.25) is 4.79 Å². The Morgan fingerprint density at radius 2 is 1.84 bits per heavy atom. The Hall–Kier alpha value is -2.92. The van der Waals surface area contributed by atoms with E-state index in [-0.39, 0.29) is 17.7 Å². The standard InChI is InChI=1S/C21H22F3N3O4S/c1-4-27-17-10-9-14(32(29,30)26(2)3)13-16(17)25-19(27)11-12-20(28)31-18-8-6-5-7-15(18)21(22,23)24/h5-10,13H,4,11-12H2,1-3H3. The Bertz CT molecular complexity index is 1250. The first kappa shape index (κ1) is 23.7. The summed E-state index contributed by atoms with van der Waals surface area (Å²) in [6, 6.07) is 9.09. The number of carbonyl (C=O) groups is 1. The lowest BCUT2D eigenvalue weighted by molar-refractivity contribution is -0.142. The topological polar surface area (TPSA) is 81.5 Å². The van der Waals surface area contributed by atoms with Crippen LogP contribution in [0.1, 0.15) is 24.7 Å². The van der Waals surface area contributed by atoms with Gasteiger partial charge in [-0.2, -0.15) is 13.2 Å². The fraction of sp³-hybridized carbons (Fsp3) is 0.333. The summed E-state index contributed by atoms with van der Waals surface area (Å²) in [6.07, 6.45) is -4.72. The molecule has 3 rings (SSSR count). The highest BCUT2D eigenvalue weighted by atomic mass is 32.2. The fourth-order valence-electron chi connectivity index (χ4n) is 3.25. The lowest BCUT2D eigenvalue weighted by Crippen LogP contribution is -2.22. The number of ether oxygens (including phenoxy) is 1. The van der Waals surface area contributed by atoms with Crippen LogP contribution in [0.2, 0.25) is 0 Å². The van der Waals surface area contributed by atoms with Crippen LogP contribution in [-0.4, -0.2) is 42.3 Å². The van der Waals surface area contributed by atoms with Crippen LogP contribution < -0.4 is 4.74 Å². The Morgan fingerprint density at radius 1 is 1.16 bits per heavy atom. The number of aryl methyl sites for hydroxylation is 2. The highest BCUT2D eigenvalue weighted by molar-refractivity contribution is 7.89. The highest BCUT2D eigenvalue weighted by Crippen LogP contribution is 2.36. The van der Waals surface area contributed by atoms with Crippen molar-refractivity contribution in [3.63, 3.8) is 0 Å². The molecular weight excluding hydrogens is 447 g/mol. The maximum absolute atomic E-state index is 13.1. The predicted octanol–water partition coefficient (Wildman–Crippen LogP) is 3.86. The van der Waals surface area contributed by atoms with Crippen LogP contribution in [-0.2, 0) is 34.0 Å². The molecule has 3 aromatic rings. The molecule has 0 N–H and O–H groups in total. The summed E-state index contributed by atoms with van der Waals surface area (Å²) in [6.45, 7) is 2.38. The van der Waals surface area contributed by atoms with Crippen molar-refractivity contribution in [2.75, 3.05) is 14.1 Å². The molecule has 172 valence electrons. The molecule has 0 radical (unpaired) electrons. The van der Waals surface area contributed by atoms with Gasteiger partial charge in [0.25, 0.3) is 0 Å². The van der Waals surface area contributed by atoms with E-state index in [2.05, 4.69) is 4.98 Å². The van der Waals surface area contributed by atoms with E-state index in [1.807, 2.05) is 11.5 Å². The van der Waals surface area contributed by atoms with Crippen molar-refractivity contribution in [2.45, 2.75) is 37.4 Å². The first-order valence-corrected chi connectivity index (χ1v) is 11.2. The average molecular weight is 469 g/mol. The quantitative estimate of drug-likeness (QED) is 0.388. The maximum Gasteiger partial charge on any atom is 0.419 e. The van der Waals surface area contributed by atoms with Crippen LogP contribution in [0.3, 0.4) is 0 Å². The molecule has 0 atom stereocenters. The molecule has 2 aromatic carbocycles. The Morgan fingerprint density at radius 3 is 2.47 bits per heavy atom. The van der Waals surface area contributed by atoms with Crippen molar-refractivity contribution in [3.8, 4) is 5.75 Å². The summed E-state index contributed by atoms with van der Waals surface area (Å²) in [4.78, 5) is 16.8. The van der Waals surface area contributed by atoms with E-state index in [9.17, 15) is 26.4 Å². The number of rotatable bonds is 7. The molecule has 0 saturated carbocycles. The van der Waals surface area contributed by atoms with E-state index >= 15 is 0 Å². The number of alkyl halides is 3. The van der Waals surface area contributed by atoms with Crippen molar-refractivity contribution < 1.29 is 31.1 Å². The third-order valence-electron chi connectivity index (χ3n) is 4.86. The molecule has 0 spiro atoms. The molecule has 0 aliphatic carbocycles. The number of fused-ring (bicyclic) bond motifs is 1. The van der Waals surface area contributed by atoms with Crippen molar-refractivity contribution in [1.29, 1.82) is 0 Å². The van der Waals surface area contributed by atoms with Crippen LogP contribution in [0, 0.1) is 0 Å². The monoisotopic (exact) mass is 469 g/mol. The molecule has 0 aliphatic heterocycles. The SMILES string of the molecule is CCn1c(CCC(=O)Oc2ccccc2C(F)(F)F)nc2cc(S(=O)(=O)N(C)C)ccc21. The molecule has 1 aromatic heterocycles. The van der Waals surface area contributed by atoms with Gasteiger partial charge in [0, 0.05) is 27.1 Å². The molecule has 0 saturated heterocycles. The van der Waals surface area contributed by atoms with Gasteiger partial charge in [0.1, 0.15) is 11.6 Å². The highest BCUT2D eigenvalue weighted by Gasteiger charge is 2.34. The average Bonchev–Trinajstić information content (AvgIpc) is 3.08. The molecule has 0 bridgehead atoms. The third-order valence-corrected chi connectivity index (χ3v) is 6.67. The third kappa shape index (κ3) is 4.78. The zero-order valence-corrected chi connectivity index (χ0v) is 18.5. The second-order valence-corrected chi connectivity index (χ2v) is 9.33. The molecule has 0 amide bonds. The van der Waals surface area contributed by atoms with Crippen LogP contribution in [0.25, 0.3) is 11.0 Å². The minimum Gasteiger partial charge on any atom is -0.426 e. The fourth-order valence-corrected chi connectivity index (χ4v) is 4.17. The zero-order chi connectivity index (χ0) is 23.7. The number of sulfonamides is 1. The number of carbonyl (C=O) groups excluding carboxylic acids is 1. The number of nitrogens with zero attached hydrogens (tertiary/aromatic N) is 3. The van der Waals surface area contributed by atoms with Gasteiger partial charge in [-0.15, -0.1) is 0 Å². The van der Waals surface area contributed by atoms with Gasteiger partial charge in [0.2, 0.25) is 10.0 Å². The molecule has 0 aliphatic rings. The molecular formula is C21H22F3N3O4S. The van der Waals surface area contributed by atoms with E-state index in [0.29, 0.717) is 23.4 Å². The summed E-state index contributed by atoms with van der Waals surface area (Å²) in [5, 5.41) is 0. The summed E-state index contributed by atoms with van der Waals surface area (Å²) < 4.78 is 71.9. The van der Waals surface area contributed by atoms with Crippen LogP contribution in [0.15, 0.2) is 47.4 Å². The minimum absolute atomic E-state index is 0.0884. The largest absolute Gasteiger partial charge is 0.426 e. The van der Waals surface area contributed by atoms with Crippen molar-refractivity contribution in [1.82, 2.24) is 13.9 Å². The number of benzene rings is 2. The summed E-state index contributed by atoms with van der Waals surface area (Å²) in [5.74, 6) is -0.872. The minimum atomic E-state index is -4.64. The first-order chi connectivity index (χ1) is 14.9. The Balaban J connectivity index is 1.81. The van der Waals surface area contributed by atoms with Gasteiger partial charge in [-0.05, 0) is 37.3 Å². The Kier molecular flexibility index (Phi) is 6.61. The number of aromatic nitrogens is 2. The van der Waals surface area contributed by atoms with Crippen molar-refractivity contribution >= 4 is 27.0 Å². The molecule has 7 nitrogen and oxygen atoms in total. The van der Waals surface area contributed by atoms with Crippen LogP contribution in [0.5, 0.6) is 5.75 Å². The molecule has 11 heteroatoms. The number of imidazole rings is 1. The van der Waals surface area contributed by atoms with E-state index in [0.717, 1.165) is 16.4 Å². The van der Waals surface area contributed by atoms with E-state index in [1.165, 1.54) is 38.4 Å². The van der Waals surface area contributed by atoms with Gasteiger partial charge in [-0.25, -0.2) is 17.7 Å². The number of esters is 1. The summed E-state index contributed by atoms with van der Waals surface area (Å²) in [5.41, 5.74) is 0.111. The maximum atomic E-state index is 13.1. The molecule has 0 unspecified atom stereocenters. The molecule has 1 heterocycles. The first-order valence-electron chi connectivity index (χ1n) is 9.73. The lowest BCUT2D eigenvalue weighted by atomic mass is 10.2. The van der Waals surface area contributed by atoms with Gasteiger partial charge in [0.05, 0.1) is 27.9 Å². The van der Waals surface area contributed by atoms with E-state index in [1.54, 1.807) is 6.07 Å². The predicted molar refractivity (Wildman–Crippen MR) is 112 cm³/mol. The van der Waals surface area contributed by atoms with Crippen molar-refractivity contribution in [3.05, 3.63) is 53.9 Å². The number of para-hydroxylation sites is 1. The zero-order valence-electron chi connectivity index (χ0n) is 17.7. The van der Waals surface area contributed by atoms with Gasteiger partial charge < -0.3 is 9.30 Å². The van der Waals surface area contributed by atoms with Crippen LogP contribution in [0.4, 0.5) is 13.2 Å².